The molecule has 2 N–H and O–H groups in total. The molecule has 0 bridgehead atoms. The number of urea groups is 1. The SMILES string of the molecule is O=C(CCN1CCC(=O)NC1=O)NCCOc1ccc(-c2ccc(F)cc2)nn1. The van der Waals surface area contributed by atoms with E-state index in [1.54, 1.807) is 24.3 Å². The molecule has 0 saturated carbocycles. The molecule has 0 radical (unpaired) electrons. The van der Waals surface area contributed by atoms with Crippen molar-refractivity contribution in [2.45, 2.75) is 12.8 Å². The van der Waals surface area contributed by atoms with Gasteiger partial charge in [0.15, 0.2) is 0 Å². The van der Waals surface area contributed by atoms with Crippen molar-refractivity contribution in [1.82, 2.24) is 25.7 Å². The van der Waals surface area contributed by atoms with Gasteiger partial charge in [-0.15, -0.1) is 10.2 Å². The molecule has 4 amide bonds. The number of imide groups is 1. The minimum Gasteiger partial charge on any atom is -0.475 e. The number of benzene rings is 1. The molecular formula is C19H20FN5O4. The Morgan fingerprint density at radius 1 is 1.17 bits per heavy atom. The Morgan fingerprint density at radius 2 is 1.97 bits per heavy atom. The standard InChI is InChI=1S/C19H20FN5O4/c20-14-3-1-13(2-4-14)15-5-6-18(24-23-15)29-12-9-21-16(26)7-10-25-11-8-17(27)22-19(25)28/h1-6H,7-12H2,(H,21,26)(H,22,27,28). The van der Waals surface area contributed by atoms with Gasteiger partial charge in [-0.3, -0.25) is 14.9 Å². The van der Waals surface area contributed by atoms with E-state index in [-0.39, 0.29) is 50.2 Å². The van der Waals surface area contributed by atoms with Crippen LogP contribution in [-0.2, 0) is 9.59 Å². The predicted octanol–water partition coefficient (Wildman–Crippen LogP) is 1.11. The van der Waals surface area contributed by atoms with E-state index in [4.69, 9.17) is 4.74 Å². The highest BCUT2D eigenvalue weighted by Gasteiger charge is 2.22. The fraction of sp³-hybridized carbons (Fsp3) is 0.316. The van der Waals surface area contributed by atoms with E-state index in [0.717, 1.165) is 5.56 Å². The number of hydrogen-bond acceptors (Lipinski definition) is 6. The number of carbonyl (C=O) groups excluding carboxylic acids is 3. The molecule has 1 aromatic carbocycles. The summed E-state index contributed by atoms with van der Waals surface area (Å²) in [5.74, 6) is -0.546. The van der Waals surface area contributed by atoms with Gasteiger partial charge < -0.3 is 15.0 Å². The maximum Gasteiger partial charge on any atom is 0.324 e. The third kappa shape index (κ3) is 5.96. The van der Waals surface area contributed by atoms with Crippen molar-refractivity contribution in [2.24, 2.45) is 0 Å². The Balaban J connectivity index is 1.34. The summed E-state index contributed by atoms with van der Waals surface area (Å²) in [5, 5.41) is 12.9. The molecule has 152 valence electrons. The fourth-order valence-corrected chi connectivity index (χ4v) is 2.65. The molecule has 0 aliphatic carbocycles. The maximum absolute atomic E-state index is 13.0. The first kappa shape index (κ1) is 20.2. The number of nitrogens with zero attached hydrogens (tertiary/aromatic N) is 3. The average molecular weight is 401 g/mol. The number of ether oxygens (including phenoxy) is 1. The smallest absolute Gasteiger partial charge is 0.324 e. The molecule has 2 heterocycles. The summed E-state index contributed by atoms with van der Waals surface area (Å²) in [4.78, 5) is 35.9. The number of aromatic nitrogens is 2. The number of nitrogens with one attached hydrogen (secondary N) is 2. The topological polar surface area (TPSA) is 114 Å². The monoisotopic (exact) mass is 401 g/mol. The van der Waals surface area contributed by atoms with Gasteiger partial charge in [-0.2, -0.15) is 0 Å². The van der Waals surface area contributed by atoms with Gasteiger partial charge in [0.2, 0.25) is 17.7 Å². The van der Waals surface area contributed by atoms with Crippen LogP contribution >= 0.6 is 0 Å². The van der Waals surface area contributed by atoms with Gasteiger partial charge in [-0.1, -0.05) is 0 Å². The molecule has 0 atom stereocenters. The van der Waals surface area contributed by atoms with Crippen molar-refractivity contribution in [3.63, 3.8) is 0 Å². The highest BCUT2D eigenvalue weighted by Crippen LogP contribution is 2.17. The molecule has 0 unspecified atom stereocenters. The third-order valence-electron chi connectivity index (χ3n) is 4.21. The molecule has 1 aliphatic heterocycles. The van der Waals surface area contributed by atoms with Crippen molar-refractivity contribution >= 4 is 17.8 Å². The maximum atomic E-state index is 13.0. The van der Waals surface area contributed by atoms with Crippen molar-refractivity contribution in [3.8, 4) is 17.1 Å². The van der Waals surface area contributed by atoms with Gasteiger partial charge in [0.25, 0.3) is 0 Å². The minimum atomic E-state index is -0.472. The summed E-state index contributed by atoms with van der Waals surface area (Å²) in [6, 6.07) is 8.80. The summed E-state index contributed by atoms with van der Waals surface area (Å²) in [7, 11) is 0. The Bertz CT molecular complexity index is 873. The average Bonchev–Trinajstić information content (AvgIpc) is 2.72. The molecule has 1 aromatic heterocycles. The molecule has 1 aliphatic rings. The van der Waals surface area contributed by atoms with Crippen molar-refractivity contribution in [1.29, 1.82) is 0 Å². The Labute approximate surface area is 166 Å². The van der Waals surface area contributed by atoms with Gasteiger partial charge in [-0.25, -0.2) is 9.18 Å². The molecule has 1 saturated heterocycles. The molecule has 2 aromatic rings. The predicted molar refractivity (Wildman–Crippen MR) is 100 cm³/mol. The Kier molecular flexibility index (Phi) is 6.67. The lowest BCUT2D eigenvalue weighted by Crippen LogP contribution is -2.50. The highest BCUT2D eigenvalue weighted by molar-refractivity contribution is 5.96. The van der Waals surface area contributed by atoms with E-state index < -0.39 is 6.03 Å². The van der Waals surface area contributed by atoms with E-state index >= 15 is 0 Å². The lowest BCUT2D eigenvalue weighted by atomic mass is 10.1. The largest absolute Gasteiger partial charge is 0.475 e. The third-order valence-corrected chi connectivity index (χ3v) is 4.21. The normalized spacial score (nSPS) is 13.8. The molecular weight excluding hydrogens is 381 g/mol. The van der Waals surface area contributed by atoms with Crippen LogP contribution in [0.5, 0.6) is 5.88 Å². The van der Waals surface area contributed by atoms with Crippen LogP contribution in [0.15, 0.2) is 36.4 Å². The zero-order chi connectivity index (χ0) is 20.6. The van der Waals surface area contributed by atoms with Gasteiger partial charge in [0.05, 0.1) is 12.2 Å². The van der Waals surface area contributed by atoms with Crippen LogP contribution in [0.2, 0.25) is 0 Å². The Morgan fingerprint density at radius 3 is 2.66 bits per heavy atom. The molecule has 29 heavy (non-hydrogen) atoms. The first-order valence-corrected chi connectivity index (χ1v) is 9.09. The molecule has 1 fully saturated rings. The quantitative estimate of drug-likeness (QED) is 0.641. The van der Waals surface area contributed by atoms with E-state index in [1.807, 2.05) is 0 Å². The van der Waals surface area contributed by atoms with Crippen LogP contribution in [0.1, 0.15) is 12.8 Å². The van der Waals surface area contributed by atoms with Crippen LogP contribution in [0.25, 0.3) is 11.3 Å². The van der Waals surface area contributed by atoms with Crippen molar-refractivity contribution < 1.29 is 23.5 Å². The van der Waals surface area contributed by atoms with Gasteiger partial charge in [0, 0.05) is 37.6 Å². The second kappa shape index (κ2) is 9.58. The van der Waals surface area contributed by atoms with Gasteiger partial charge in [-0.05, 0) is 30.3 Å². The summed E-state index contributed by atoms with van der Waals surface area (Å²) < 4.78 is 18.4. The zero-order valence-corrected chi connectivity index (χ0v) is 15.6. The lowest BCUT2D eigenvalue weighted by Gasteiger charge is -2.26. The zero-order valence-electron chi connectivity index (χ0n) is 15.6. The summed E-state index contributed by atoms with van der Waals surface area (Å²) in [6.45, 7) is 1.02. The Hall–Kier alpha value is -3.56. The van der Waals surface area contributed by atoms with Crippen molar-refractivity contribution in [3.05, 3.63) is 42.2 Å². The van der Waals surface area contributed by atoms with E-state index in [0.29, 0.717) is 18.1 Å². The van der Waals surface area contributed by atoms with E-state index in [1.165, 1.54) is 17.0 Å². The molecule has 3 rings (SSSR count). The van der Waals surface area contributed by atoms with Gasteiger partial charge in [0.1, 0.15) is 12.4 Å². The lowest BCUT2D eigenvalue weighted by molar-refractivity contribution is -0.121. The number of hydrogen-bond donors (Lipinski definition) is 2. The molecule has 0 spiro atoms. The second-order valence-corrected chi connectivity index (χ2v) is 6.30. The van der Waals surface area contributed by atoms with Gasteiger partial charge >= 0.3 is 6.03 Å². The van der Waals surface area contributed by atoms with Crippen LogP contribution in [0.3, 0.4) is 0 Å². The van der Waals surface area contributed by atoms with Crippen molar-refractivity contribution in [2.75, 3.05) is 26.2 Å². The first-order chi connectivity index (χ1) is 14.0. The molecule has 9 nitrogen and oxygen atoms in total. The first-order valence-electron chi connectivity index (χ1n) is 9.09. The van der Waals surface area contributed by atoms with E-state index in [9.17, 15) is 18.8 Å². The van der Waals surface area contributed by atoms with E-state index in [2.05, 4.69) is 20.8 Å². The summed E-state index contributed by atoms with van der Waals surface area (Å²) in [5.41, 5.74) is 1.33. The number of rotatable bonds is 8. The van der Waals surface area contributed by atoms with Crippen LogP contribution in [-0.4, -0.2) is 59.2 Å². The summed E-state index contributed by atoms with van der Waals surface area (Å²) in [6.07, 6.45) is 0.371. The number of carbonyl (C=O) groups is 3. The second-order valence-electron chi connectivity index (χ2n) is 6.30. The van der Waals surface area contributed by atoms with Crippen LogP contribution < -0.4 is 15.4 Å². The molecule has 10 heteroatoms. The van der Waals surface area contributed by atoms with Crippen LogP contribution in [0, 0.1) is 5.82 Å². The minimum absolute atomic E-state index is 0.133. The number of halogens is 1. The van der Waals surface area contributed by atoms with Crippen LogP contribution in [0.4, 0.5) is 9.18 Å². The highest BCUT2D eigenvalue weighted by atomic mass is 19.1. The fourth-order valence-electron chi connectivity index (χ4n) is 2.65. The number of amides is 4. The summed E-state index contributed by atoms with van der Waals surface area (Å²) >= 11 is 0.